The van der Waals surface area contributed by atoms with Crippen molar-refractivity contribution in [2.75, 3.05) is 18.4 Å². The number of nitrogens with one attached hydrogen (secondary N) is 2. The van der Waals surface area contributed by atoms with Gasteiger partial charge < -0.3 is 15.5 Å². The molecular weight excluding hydrogens is 378 g/mol. The quantitative estimate of drug-likeness (QED) is 0.771. The highest BCUT2D eigenvalue weighted by Crippen LogP contribution is 2.28. The van der Waals surface area contributed by atoms with Gasteiger partial charge >= 0.3 is 0 Å². The summed E-state index contributed by atoms with van der Waals surface area (Å²) in [7, 11) is 0. The molecule has 1 heterocycles. The van der Waals surface area contributed by atoms with Crippen LogP contribution in [-0.4, -0.2) is 35.7 Å². The van der Waals surface area contributed by atoms with Crippen LogP contribution >= 0.6 is 0 Å². The van der Waals surface area contributed by atoms with Crippen LogP contribution in [0.4, 0.5) is 5.69 Å². The molecule has 6 nitrogen and oxygen atoms in total. The van der Waals surface area contributed by atoms with Crippen molar-refractivity contribution in [3.8, 4) is 0 Å². The van der Waals surface area contributed by atoms with Gasteiger partial charge in [-0.15, -0.1) is 0 Å². The Morgan fingerprint density at radius 2 is 1.73 bits per heavy atom. The molecule has 1 aliphatic heterocycles. The van der Waals surface area contributed by atoms with Gasteiger partial charge in [0.15, 0.2) is 0 Å². The number of carbonyl (C=O) groups excluding carboxylic acids is 3. The summed E-state index contributed by atoms with van der Waals surface area (Å²) in [4.78, 5) is 39.1. The van der Waals surface area contributed by atoms with Crippen LogP contribution in [0.25, 0.3) is 0 Å². The maximum atomic E-state index is 12.6. The first-order valence-electron chi connectivity index (χ1n) is 10.3. The largest absolute Gasteiger partial charge is 0.347 e. The minimum absolute atomic E-state index is 0.0399. The van der Waals surface area contributed by atoms with E-state index in [2.05, 4.69) is 10.6 Å². The lowest BCUT2D eigenvalue weighted by molar-refractivity contribution is -0.130. The topological polar surface area (TPSA) is 78.5 Å². The van der Waals surface area contributed by atoms with E-state index in [1.165, 1.54) is 0 Å². The number of hydrogen-bond donors (Lipinski definition) is 2. The molecule has 2 atom stereocenters. The Morgan fingerprint density at radius 3 is 2.37 bits per heavy atom. The average molecular weight is 408 g/mol. The number of likely N-dealkylation sites (tertiary alicyclic amines) is 1. The Morgan fingerprint density at radius 1 is 1.10 bits per heavy atom. The maximum Gasteiger partial charge on any atom is 0.243 e. The van der Waals surface area contributed by atoms with E-state index in [1.54, 1.807) is 4.90 Å². The van der Waals surface area contributed by atoms with Crippen LogP contribution in [0.15, 0.2) is 42.5 Å². The third-order valence-electron chi connectivity index (χ3n) is 5.64. The monoisotopic (exact) mass is 407 g/mol. The lowest BCUT2D eigenvalue weighted by atomic mass is 10.1. The van der Waals surface area contributed by atoms with E-state index >= 15 is 0 Å². The molecule has 2 aromatic rings. The molecule has 2 aromatic carbocycles. The Balaban J connectivity index is 1.54. The number of amides is 3. The Labute approximate surface area is 177 Å². The van der Waals surface area contributed by atoms with Gasteiger partial charge in [-0.25, -0.2) is 0 Å². The number of aryl methyl sites for hydroxylation is 3. The second-order valence-electron chi connectivity index (χ2n) is 8.07. The lowest BCUT2D eigenvalue weighted by Gasteiger charge is -2.25. The molecule has 0 bridgehead atoms. The van der Waals surface area contributed by atoms with Gasteiger partial charge in [0.05, 0.1) is 18.5 Å². The van der Waals surface area contributed by atoms with Crippen LogP contribution in [0.2, 0.25) is 0 Å². The highest BCUT2D eigenvalue weighted by Gasteiger charge is 2.37. The fraction of sp³-hybridized carbons (Fsp3) is 0.375. The zero-order valence-electron chi connectivity index (χ0n) is 18.0. The molecule has 1 saturated heterocycles. The first kappa shape index (κ1) is 21.6. The van der Waals surface area contributed by atoms with Crippen LogP contribution in [-0.2, 0) is 14.4 Å². The van der Waals surface area contributed by atoms with Gasteiger partial charge in [0, 0.05) is 18.7 Å². The Kier molecular flexibility index (Phi) is 6.55. The standard InChI is InChI=1S/C24H29N3O3/c1-15-10-16(2)23(17(3)11-15)26-21(28)13-25-24(30)20-12-22(29)27(14-20)18(4)19-8-6-5-7-9-19/h5-11,18,20H,12-14H2,1-4H3,(H,25,30)(H,26,28)/t18-,20-/m0/s1. The van der Waals surface area contributed by atoms with Crippen molar-refractivity contribution in [3.05, 3.63) is 64.7 Å². The average Bonchev–Trinajstić information content (AvgIpc) is 3.10. The van der Waals surface area contributed by atoms with E-state index in [-0.39, 0.29) is 36.7 Å². The summed E-state index contributed by atoms with van der Waals surface area (Å²) in [5.41, 5.74) is 4.92. The van der Waals surface area contributed by atoms with Crippen molar-refractivity contribution < 1.29 is 14.4 Å². The first-order chi connectivity index (χ1) is 14.3. The Bertz CT molecular complexity index is 932. The number of rotatable bonds is 6. The van der Waals surface area contributed by atoms with E-state index in [1.807, 2.05) is 70.2 Å². The minimum Gasteiger partial charge on any atom is -0.347 e. The van der Waals surface area contributed by atoms with Gasteiger partial charge in [-0.1, -0.05) is 48.0 Å². The zero-order chi connectivity index (χ0) is 21.8. The normalized spacial score (nSPS) is 17.0. The molecule has 1 aliphatic rings. The smallest absolute Gasteiger partial charge is 0.243 e. The van der Waals surface area contributed by atoms with Gasteiger partial charge in [-0.2, -0.15) is 0 Å². The van der Waals surface area contributed by atoms with E-state index < -0.39 is 5.92 Å². The van der Waals surface area contributed by atoms with Gasteiger partial charge in [-0.05, 0) is 44.4 Å². The van der Waals surface area contributed by atoms with E-state index in [4.69, 9.17) is 0 Å². The molecule has 6 heteroatoms. The molecule has 0 aliphatic carbocycles. The van der Waals surface area contributed by atoms with Gasteiger partial charge in [0.25, 0.3) is 0 Å². The van der Waals surface area contributed by atoms with Crippen molar-refractivity contribution >= 4 is 23.4 Å². The lowest BCUT2D eigenvalue weighted by Crippen LogP contribution is -2.38. The van der Waals surface area contributed by atoms with Gasteiger partial charge in [0.2, 0.25) is 17.7 Å². The van der Waals surface area contributed by atoms with E-state index in [0.717, 1.165) is 27.9 Å². The third kappa shape index (κ3) is 4.87. The molecule has 0 aromatic heterocycles. The number of benzene rings is 2. The molecule has 3 amide bonds. The van der Waals surface area contributed by atoms with Gasteiger partial charge in [-0.3, -0.25) is 14.4 Å². The summed E-state index contributed by atoms with van der Waals surface area (Å²) in [6.07, 6.45) is 0.167. The number of carbonyl (C=O) groups is 3. The van der Waals surface area contributed by atoms with Crippen LogP contribution in [0.5, 0.6) is 0 Å². The van der Waals surface area contributed by atoms with Gasteiger partial charge in [0.1, 0.15) is 0 Å². The Hall–Kier alpha value is -3.15. The second-order valence-corrected chi connectivity index (χ2v) is 8.07. The summed E-state index contributed by atoms with van der Waals surface area (Å²) >= 11 is 0. The van der Waals surface area contributed by atoms with E-state index in [0.29, 0.717) is 6.54 Å². The van der Waals surface area contributed by atoms with Crippen molar-refractivity contribution in [3.63, 3.8) is 0 Å². The molecule has 1 fully saturated rings. The number of hydrogen-bond acceptors (Lipinski definition) is 3. The summed E-state index contributed by atoms with van der Waals surface area (Å²) in [5, 5.41) is 5.56. The molecular formula is C24H29N3O3. The molecule has 2 N–H and O–H groups in total. The first-order valence-corrected chi connectivity index (χ1v) is 10.3. The zero-order valence-corrected chi connectivity index (χ0v) is 18.0. The van der Waals surface area contributed by atoms with Crippen molar-refractivity contribution in [1.29, 1.82) is 0 Å². The summed E-state index contributed by atoms with van der Waals surface area (Å²) in [6, 6.07) is 13.7. The molecule has 3 rings (SSSR count). The number of anilines is 1. The molecule has 0 saturated carbocycles. The van der Waals surface area contributed by atoms with Crippen LogP contribution in [0.3, 0.4) is 0 Å². The molecule has 0 radical (unpaired) electrons. The highest BCUT2D eigenvalue weighted by atomic mass is 16.2. The predicted molar refractivity (Wildman–Crippen MR) is 117 cm³/mol. The second kappa shape index (κ2) is 9.11. The number of nitrogens with zero attached hydrogens (tertiary/aromatic N) is 1. The minimum atomic E-state index is -0.445. The van der Waals surface area contributed by atoms with Crippen LogP contribution < -0.4 is 10.6 Å². The molecule has 0 spiro atoms. The fourth-order valence-corrected chi connectivity index (χ4v) is 4.07. The summed E-state index contributed by atoms with van der Waals surface area (Å²) in [6.45, 7) is 8.11. The summed E-state index contributed by atoms with van der Waals surface area (Å²) < 4.78 is 0. The summed E-state index contributed by atoms with van der Waals surface area (Å²) in [5.74, 6) is -1.03. The van der Waals surface area contributed by atoms with Crippen molar-refractivity contribution in [2.45, 2.75) is 40.2 Å². The molecule has 30 heavy (non-hydrogen) atoms. The SMILES string of the molecule is Cc1cc(C)c(NC(=O)CNC(=O)[C@H]2CC(=O)N([C@@H](C)c3ccccc3)C2)c(C)c1. The molecule has 0 unspecified atom stereocenters. The van der Waals surface area contributed by atoms with Crippen LogP contribution in [0.1, 0.15) is 41.6 Å². The predicted octanol–water partition coefficient (Wildman–Crippen LogP) is 3.28. The van der Waals surface area contributed by atoms with Crippen LogP contribution in [0, 0.1) is 26.7 Å². The maximum absolute atomic E-state index is 12.6. The van der Waals surface area contributed by atoms with Crippen molar-refractivity contribution in [2.24, 2.45) is 5.92 Å². The van der Waals surface area contributed by atoms with E-state index in [9.17, 15) is 14.4 Å². The van der Waals surface area contributed by atoms with Crippen molar-refractivity contribution in [1.82, 2.24) is 10.2 Å². The highest BCUT2D eigenvalue weighted by molar-refractivity contribution is 5.97. The fourth-order valence-electron chi connectivity index (χ4n) is 4.07. The third-order valence-corrected chi connectivity index (χ3v) is 5.64. The molecule has 158 valence electrons.